The maximum Gasteiger partial charge on any atom is 0.384 e. The van der Waals surface area contributed by atoms with Crippen LogP contribution in [0.25, 0.3) is 0 Å². The smallest absolute Gasteiger partial charge is 0.384 e. The van der Waals surface area contributed by atoms with Crippen LogP contribution in [0.15, 0.2) is 0 Å². The largest absolute Gasteiger partial charge is 0.456 e. The highest BCUT2D eigenvalue weighted by molar-refractivity contribution is 5.88. The average molecular weight is 172 g/mol. The van der Waals surface area contributed by atoms with E-state index in [1.165, 1.54) is 0 Å². The second-order valence-corrected chi connectivity index (χ2v) is 1.69. The van der Waals surface area contributed by atoms with Gasteiger partial charge in [-0.1, -0.05) is 5.92 Å². The quantitative estimate of drug-likeness (QED) is 0.155. The van der Waals surface area contributed by atoms with Crippen molar-refractivity contribution in [3.05, 3.63) is 0 Å². The maximum absolute atomic E-state index is 10.6. The number of esters is 1. The first kappa shape index (κ1) is 11.0. The molecule has 0 amide bonds. The van der Waals surface area contributed by atoms with Crippen LogP contribution in [0.1, 0.15) is 13.8 Å². The van der Waals surface area contributed by atoms with Crippen molar-refractivity contribution in [2.45, 2.75) is 13.8 Å². The Hall–Kier alpha value is -1.05. The predicted octanol–water partition coefficient (Wildman–Crippen LogP) is 0.521. The molecule has 0 aromatic heterocycles. The van der Waals surface area contributed by atoms with Crippen LogP contribution >= 0.6 is 0 Å². The van der Waals surface area contributed by atoms with Gasteiger partial charge in [-0.3, -0.25) is 0 Å². The van der Waals surface area contributed by atoms with Gasteiger partial charge in [0.25, 0.3) is 0 Å². The standard InChI is InChI=1S/C8H12O4/c1-3-10-8(9)6-5-7-12-11-4-2/h3-4,7H2,1-2H3. The fourth-order valence-electron chi connectivity index (χ4n) is 0.430. The lowest BCUT2D eigenvalue weighted by molar-refractivity contribution is -0.281. The Morgan fingerprint density at radius 3 is 2.58 bits per heavy atom. The highest BCUT2D eigenvalue weighted by atomic mass is 17.2. The number of carbonyl (C=O) groups excluding carboxylic acids is 1. The molecule has 0 spiro atoms. The van der Waals surface area contributed by atoms with Gasteiger partial charge in [-0.15, -0.1) is 0 Å². The third-order valence-corrected chi connectivity index (χ3v) is 0.798. The molecule has 4 heteroatoms. The van der Waals surface area contributed by atoms with E-state index < -0.39 is 5.97 Å². The summed E-state index contributed by atoms with van der Waals surface area (Å²) in [6, 6.07) is 0. The van der Waals surface area contributed by atoms with Crippen molar-refractivity contribution in [1.82, 2.24) is 0 Å². The minimum absolute atomic E-state index is 0.0760. The van der Waals surface area contributed by atoms with Gasteiger partial charge in [0.2, 0.25) is 0 Å². The van der Waals surface area contributed by atoms with E-state index in [2.05, 4.69) is 26.4 Å². The van der Waals surface area contributed by atoms with Crippen LogP contribution in [-0.2, 0) is 19.3 Å². The van der Waals surface area contributed by atoms with Crippen molar-refractivity contribution in [2.75, 3.05) is 19.8 Å². The van der Waals surface area contributed by atoms with E-state index in [-0.39, 0.29) is 6.61 Å². The molecule has 0 N–H and O–H groups in total. The lowest BCUT2D eigenvalue weighted by Gasteiger charge is -1.93. The minimum atomic E-state index is -0.544. The summed E-state index contributed by atoms with van der Waals surface area (Å²) in [5.41, 5.74) is 0. The van der Waals surface area contributed by atoms with Crippen molar-refractivity contribution in [3.8, 4) is 11.8 Å². The van der Waals surface area contributed by atoms with Gasteiger partial charge in [0.05, 0.1) is 13.2 Å². The van der Waals surface area contributed by atoms with Gasteiger partial charge < -0.3 is 4.74 Å². The molecule has 0 saturated carbocycles. The molecule has 0 fully saturated rings. The van der Waals surface area contributed by atoms with Gasteiger partial charge in [0.15, 0.2) is 0 Å². The summed E-state index contributed by atoms with van der Waals surface area (Å²) in [6.07, 6.45) is 0. The van der Waals surface area contributed by atoms with Gasteiger partial charge in [-0.2, -0.15) is 0 Å². The monoisotopic (exact) mass is 172 g/mol. The third-order valence-electron chi connectivity index (χ3n) is 0.798. The Balaban J connectivity index is 3.38. The van der Waals surface area contributed by atoms with Crippen LogP contribution in [0, 0.1) is 11.8 Å². The normalized spacial score (nSPS) is 8.50. The maximum atomic E-state index is 10.6. The molecule has 68 valence electrons. The van der Waals surface area contributed by atoms with E-state index in [1.54, 1.807) is 13.8 Å². The van der Waals surface area contributed by atoms with E-state index in [0.717, 1.165) is 0 Å². The molecular weight excluding hydrogens is 160 g/mol. The third kappa shape index (κ3) is 7.06. The lowest BCUT2D eigenvalue weighted by atomic mass is 10.6. The summed E-state index contributed by atoms with van der Waals surface area (Å²) < 4.78 is 4.54. The molecule has 0 saturated heterocycles. The summed E-state index contributed by atoms with van der Waals surface area (Å²) in [6.45, 7) is 4.38. The van der Waals surface area contributed by atoms with Gasteiger partial charge >= 0.3 is 5.97 Å². The summed E-state index contributed by atoms with van der Waals surface area (Å²) >= 11 is 0. The number of hydrogen-bond donors (Lipinski definition) is 0. The van der Waals surface area contributed by atoms with Crippen LogP contribution in [-0.4, -0.2) is 25.8 Å². The van der Waals surface area contributed by atoms with Crippen molar-refractivity contribution in [1.29, 1.82) is 0 Å². The SMILES string of the molecule is CCOOCC#CC(=O)OCC. The number of rotatable bonds is 4. The van der Waals surface area contributed by atoms with Gasteiger partial charge in [-0.25, -0.2) is 14.6 Å². The molecule has 0 aliphatic carbocycles. The first-order valence-electron chi connectivity index (χ1n) is 3.71. The number of ether oxygens (including phenoxy) is 1. The fraction of sp³-hybridized carbons (Fsp3) is 0.625. The predicted molar refractivity (Wildman–Crippen MR) is 42.0 cm³/mol. The van der Waals surface area contributed by atoms with Crippen LogP contribution in [0.5, 0.6) is 0 Å². The Morgan fingerprint density at radius 2 is 2.00 bits per heavy atom. The van der Waals surface area contributed by atoms with Crippen LogP contribution in [0.3, 0.4) is 0 Å². The topological polar surface area (TPSA) is 44.8 Å². The Kier molecular flexibility index (Phi) is 7.35. The Bertz CT molecular complexity index is 177. The zero-order chi connectivity index (χ0) is 9.23. The Labute approximate surface area is 71.7 Å². The van der Waals surface area contributed by atoms with E-state index >= 15 is 0 Å². The van der Waals surface area contributed by atoms with Gasteiger partial charge in [0.1, 0.15) is 6.61 Å². The van der Waals surface area contributed by atoms with E-state index in [9.17, 15) is 4.79 Å². The zero-order valence-corrected chi connectivity index (χ0v) is 7.25. The fourth-order valence-corrected chi connectivity index (χ4v) is 0.430. The molecule has 0 bridgehead atoms. The summed E-state index contributed by atoms with van der Waals surface area (Å²) in [5.74, 6) is 4.12. The molecule has 4 nitrogen and oxygen atoms in total. The van der Waals surface area contributed by atoms with Crippen molar-refractivity contribution in [3.63, 3.8) is 0 Å². The van der Waals surface area contributed by atoms with Crippen molar-refractivity contribution < 1.29 is 19.3 Å². The molecule has 0 atom stereocenters. The lowest BCUT2D eigenvalue weighted by Crippen LogP contribution is -2.00. The highest BCUT2D eigenvalue weighted by Gasteiger charge is 1.90. The van der Waals surface area contributed by atoms with Crippen LogP contribution < -0.4 is 0 Å². The molecule has 0 aliphatic heterocycles. The first-order valence-corrected chi connectivity index (χ1v) is 3.71. The average Bonchev–Trinajstić information content (AvgIpc) is 2.05. The van der Waals surface area contributed by atoms with Gasteiger partial charge in [-0.05, 0) is 13.8 Å². The van der Waals surface area contributed by atoms with Crippen molar-refractivity contribution in [2.24, 2.45) is 0 Å². The Morgan fingerprint density at radius 1 is 1.25 bits per heavy atom. The van der Waals surface area contributed by atoms with E-state index in [4.69, 9.17) is 0 Å². The summed E-state index contributed by atoms with van der Waals surface area (Å²) in [7, 11) is 0. The zero-order valence-electron chi connectivity index (χ0n) is 7.25. The summed E-state index contributed by atoms with van der Waals surface area (Å²) in [4.78, 5) is 19.6. The van der Waals surface area contributed by atoms with Crippen molar-refractivity contribution >= 4 is 5.97 Å². The first-order chi connectivity index (χ1) is 5.81. The molecule has 0 radical (unpaired) electrons. The molecule has 0 aliphatic rings. The van der Waals surface area contributed by atoms with E-state index in [0.29, 0.717) is 13.2 Å². The number of hydrogen-bond acceptors (Lipinski definition) is 4. The highest BCUT2D eigenvalue weighted by Crippen LogP contribution is 1.77. The molecular formula is C8H12O4. The van der Waals surface area contributed by atoms with Crippen LogP contribution in [0.2, 0.25) is 0 Å². The summed E-state index contributed by atoms with van der Waals surface area (Å²) in [5, 5.41) is 0. The second kappa shape index (κ2) is 8.05. The molecule has 0 unspecified atom stereocenters. The van der Waals surface area contributed by atoms with Gasteiger partial charge in [0, 0.05) is 5.92 Å². The minimum Gasteiger partial charge on any atom is -0.456 e. The van der Waals surface area contributed by atoms with E-state index in [1.807, 2.05) is 0 Å². The molecule has 0 aromatic carbocycles. The second-order valence-electron chi connectivity index (χ2n) is 1.69. The molecule has 0 rings (SSSR count). The van der Waals surface area contributed by atoms with Crippen LogP contribution in [0.4, 0.5) is 0 Å². The molecule has 12 heavy (non-hydrogen) atoms. The number of carbonyl (C=O) groups is 1. The molecule has 0 aromatic rings. The molecule has 0 heterocycles.